The van der Waals surface area contributed by atoms with Crippen LogP contribution in [0.15, 0.2) is 43.2 Å². The number of ether oxygens (including phenoxy) is 1. The van der Waals surface area contributed by atoms with Crippen molar-refractivity contribution in [1.82, 2.24) is 5.32 Å². The third-order valence-electron chi connectivity index (χ3n) is 1.47. The first-order valence-corrected chi connectivity index (χ1v) is 3.92. The van der Waals surface area contributed by atoms with Gasteiger partial charge in [0.2, 0.25) is 0 Å². The van der Waals surface area contributed by atoms with E-state index in [0.29, 0.717) is 6.54 Å². The summed E-state index contributed by atoms with van der Waals surface area (Å²) >= 11 is 0. The SMILES string of the molecule is C=COC(=O)NCc1ccccc1. The van der Waals surface area contributed by atoms with E-state index in [1.165, 1.54) is 0 Å². The van der Waals surface area contributed by atoms with Crippen LogP contribution in [0.25, 0.3) is 0 Å². The summed E-state index contributed by atoms with van der Waals surface area (Å²) in [5, 5.41) is 2.57. The fraction of sp³-hybridized carbons (Fsp3) is 0.100. The fourth-order valence-corrected chi connectivity index (χ4v) is 0.887. The molecular weight excluding hydrogens is 166 g/mol. The minimum atomic E-state index is -0.487. The Morgan fingerprint density at radius 1 is 1.46 bits per heavy atom. The molecule has 0 radical (unpaired) electrons. The minimum absolute atomic E-state index is 0.466. The molecule has 1 amide bonds. The lowest BCUT2D eigenvalue weighted by Crippen LogP contribution is -2.21. The number of benzene rings is 1. The summed E-state index contributed by atoms with van der Waals surface area (Å²) in [6.45, 7) is 3.74. The van der Waals surface area contributed by atoms with Crippen LogP contribution in [0, 0.1) is 0 Å². The highest BCUT2D eigenvalue weighted by molar-refractivity contribution is 5.67. The zero-order valence-electron chi connectivity index (χ0n) is 7.19. The average Bonchev–Trinajstić information content (AvgIpc) is 2.17. The molecule has 3 heteroatoms. The van der Waals surface area contributed by atoms with E-state index >= 15 is 0 Å². The van der Waals surface area contributed by atoms with Gasteiger partial charge in [0.25, 0.3) is 0 Å². The molecule has 3 nitrogen and oxygen atoms in total. The van der Waals surface area contributed by atoms with E-state index in [2.05, 4.69) is 16.6 Å². The maximum absolute atomic E-state index is 10.8. The zero-order chi connectivity index (χ0) is 9.52. The van der Waals surface area contributed by atoms with Crippen LogP contribution in [0.5, 0.6) is 0 Å². The summed E-state index contributed by atoms with van der Waals surface area (Å²) in [6.07, 6.45) is 0.610. The van der Waals surface area contributed by atoms with Crippen LogP contribution in [0.2, 0.25) is 0 Å². The monoisotopic (exact) mass is 177 g/mol. The zero-order valence-corrected chi connectivity index (χ0v) is 7.19. The number of carbonyl (C=O) groups is 1. The third-order valence-corrected chi connectivity index (χ3v) is 1.47. The van der Waals surface area contributed by atoms with Crippen molar-refractivity contribution in [1.29, 1.82) is 0 Å². The highest BCUT2D eigenvalue weighted by atomic mass is 16.5. The van der Waals surface area contributed by atoms with Crippen molar-refractivity contribution in [2.75, 3.05) is 0 Å². The van der Waals surface area contributed by atoms with Gasteiger partial charge in [-0.3, -0.25) is 0 Å². The van der Waals surface area contributed by atoms with Gasteiger partial charge in [0.1, 0.15) is 0 Å². The minimum Gasteiger partial charge on any atom is -0.419 e. The molecule has 0 saturated carbocycles. The summed E-state index contributed by atoms with van der Waals surface area (Å²) in [5.74, 6) is 0. The van der Waals surface area contributed by atoms with E-state index in [9.17, 15) is 4.79 Å². The molecule has 1 aromatic rings. The molecule has 0 aliphatic heterocycles. The van der Waals surface area contributed by atoms with Gasteiger partial charge in [-0.05, 0) is 5.56 Å². The Morgan fingerprint density at radius 2 is 2.15 bits per heavy atom. The molecule has 1 N–H and O–H groups in total. The first-order chi connectivity index (χ1) is 6.33. The normalized spacial score (nSPS) is 8.92. The standard InChI is InChI=1S/C10H11NO2/c1-2-13-10(12)11-8-9-6-4-3-5-7-9/h2-7H,1,8H2,(H,11,12). The van der Waals surface area contributed by atoms with Gasteiger partial charge < -0.3 is 10.1 Å². The Kier molecular flexibility index (Phi) is 3.57. The summed E-state index contributed by atoms with van der Waals surface area (Å²) in [7, 11) is 0. The van der Waals surface area contributed by atoms with Crippen LogP contribution in [0.4, 0.5) is 4.79 Å². The van der Waals surface area contributed by atoms with Gasteiger partial charge in [-0.25, -0.2) is 4.79 Å². The Bertz CT molecular complexity index is 282. The predicted molar refractivity (Wildman–Crippen MR) is 50.0 cm³/mol. The van der Waals surface area contributed by atoms with Gasteiger partial charge in [-0.15, -0.1) is 0 Å². The van der Waals surface area contributed by atoms with Crippen molar-refractivity contribution in [3.63, 3.8) is 0 Å². The molecule has 0 unspecified atom stereocenters. The lowest BCUT2D eigenvalue weighted by atomic mass is 10.2. The Balaban J connectivity index is 2.35. The quantitative estimate of drug-likeness (QED) is 0.717. The fourth-order valence-electron chi connectivity index (χ4n) is 0.887. The number of nitrogens with one attached hydrogen (secondary N) is 1. The van der Waals surface area contributed by atoms with Crippen molar-refractivity contribution in [3.05, 3.63) is 48.7 Å². The van der Waals surface area contributed by atoms with E-state index in [-0.39, 0.29) is 0 Å². The Morgan fingerprint density at radius 3 is 2.77 bits per heavy atom. The molecule has 0 atom stereocenters. The topological polar surface area (TPSA) is 38.3 Å². The van der Waals surface area contributed by atoms with Crippen LogP contribution >= 0.6 is 0 Å². The van der Waals surface area contributed by atoms with Crippen LogP contribution in [0.1, 0.15) is 5.56 Å². The van der Waals surface area contributed by atoms with Crippen molar-refractivity contribution >= 4 is 6.09 Å². The second kappa shape index (κ2) is 4.98. The van der Waals surface area contributed by atoms with Crippen molar-refractivity contribution in [2.45, 2.75) is 6.54 Å². The molecule has 0 bridgehead atoms. The molecular formula is C10H11NO2. The van der Waals surface area contributed by atoms with E-state index in [1.807, 2.05) is 30.3 Å². The number of rotatable bonds is 3. The largest absolute Gasteiger partial charge is 0.419 e. The van der Waals surface area contributed by atoms with Gasteiger partial charge in [-0.2, -0.15) is 0 Å². The number of hydrogen-bond acceptors (Lipinski definition) is 2. The van der Waals surface area contributed by atoms with E-state index < -0.39 is 6.09 Å². The van der Waals surface area contributed by atoms with Crippen LogP contribution in [-0.4, -0.2) is 6.09 Å². The second-order valence-corrected chi connectivity index (χ2v) is 2.41. The van der Waals surface area contributed by atoms with Crippen LogP contribution in [-0.2, 0) is 11.3 Å². The highest BCUT2D eigenvalue weighted by Crippen LogP contribution is 1.97. The summed E-state index contributed by atoms with van der Waals surface area (Å²) < 4.78 is 4.48. The highest BCUT2D eigenvalue weighted by Gasteiger charge is 1.97. The van der Waals surface area contributed by atoms with Crippen LogP contribution in [0.3, 0.4) is 0 Å². The molecule has 68 valence electrons. The van der Waals surface area contributed by atoms with Crippen molar-refractivity contribution in [3.8, 4) is 0 Å². The van der Waals surface area contributed by atoms with Crippen molar-refractivity contribution in [2.24, 2.45) is 0 Å². The van der Waals surface area contributed by atoms with Gasteiger partial charge in [0.05, 0.1) is 6.26 Å². The molecule has 13 heavy (non-hydrogen) atoms. The van der Waals surface area contributed by atoms with Gasteiger partial charge in [0, 0.05) is 6.54 Å². The lowest BCUT2D eigenvalue weighted by molar-refractivity contribution is 0.185. The number of hydrogen-bond donors (Lipinski definition) is 1. The number of amides is 1. The molecule has 1 rings (SSSR count). The van der Waals surface area contributed by atoms with Crippen LogP contribution < -0.4 is 5.32 Å². The van der Waals surface area contributed by atoms with Gasteiger partial charge in [0.15, 0.2) is 0 Å². The summed E-state index contributed by atoms with van der Waals surface area (Å²) in [6, 6.07) is 9.60. The Hall–Kier alpha value is -1.77. The first kappa shape index (κ1) is 9.32. The molecule has 0 fully saturated rings. The van der Waals surface area contributed by atoms with Gasteiger partial charge in [-0.1, -0.05) is 36.9 Å². The maximum Gasteiger partial charge on any atom is 0.412 e. The predicted octanol–water partition coefficient (Wildman–Crippen LogP) is 2.06. The first-order valence-electron chi connectivity index (χ1n) is 3.92. The second-order valence-electron chi connectivity index (χ2n) is 2.41. The van der Waals surface area contributed by atoms with E-state index in [0.717, 1.165) is 11.8 Å². The smallest absolute Gasteiger partial charge is 0.412 e. The van der Waals surface area contributed by atoms with E-state index in [4.69, 9.17) is 0 Å². The number of alkyl carbamates (subject to hydrolysis) is 1. The molecule has 0 aliphatic rings. The molecule has 0 aromatic heterocycles. The molecule has 0 spiro atoms. The van der Waals surface area contributed by atoms with E-state index in [1.54, 1.807) is 0 Å². The summed E-state index contributed by atoms with van der Waals surface area (Å²) in [4.78, 5) is 10.8. The third kappa shape index (κ3) is 3.42. The maximum atomic E-state index is 10.8. The summed E-state index contributed by atoms with van der Waals surface area (Å²) in [5.41, 5.74) is 1.03. The number of carbonyl (C=O) groups excluding carboxylic acids is 1. The lowest BCUT2D eigenvalue weighted by Gasteiger charge is -2.02. The van der Waals surface area contributed by atoms with Crippen molar-refractivity contribution < 1.29 is 9.53 Å². The molecule has 0 saturated heterocycles. The average molecular weight is 177 g/mol. The van der Waals surface area contributed by atoms with Gasteiger partial charge >= 0.3 is 6.09 Å². The molecule has 0 heterocycles. The molecule has 1 aromatic carbocycles. The molecule has 0 aliphatic carbocycles. The Labute approximate surface area is 77.0 Å².